The van der Waals surface area contributed by atoms with E-state index in [0.717, 1.165) is 17.7 Å². The smallest absolute Gasteiger partial charge is 0.454 e. The van der Waals surface area contributed by atoms with Crippen molar-refractivity contribution in [2.45, 2.75) is 6.18 Å². The number of halogens is 3. The molecule has 2 rings (SSSR count). The highest BCUT2D eigenvalue weighted by atomic mass is 19.4. The van der Waals surface area contributed by atoms with Crippen molar-refractivity contribution in [1.29, 1.82) is 0 Å². The average molecular weight is 280 g/mol. The summed E-state index contributed by atoms with van der Waals surface area (Å²) in [6, 6.07) is 12.4. The summed E-state index contributed by atoms with van der Waals surface area (Å²) in [5.74, 6) is -1.23. The molecule has 0 saturated carbocycles. The zero-order valence-corrected chi connectivity index (χ0v) is 10.6. The van der Waals surface area contributed by atoms with Gasteiger partial charge in [0, 0.05) is 11.1 Å². The minimum atomic E-state index is -4.86. The van der Waals surface area contributed by atoms with E-state index in [1.54, 1.807) is 24.3 Å². The summed E-state index contributed by atoms with van der Waals surface area (Å²) < 4.78 is 42.1. The highest BCUT2D eigenvalue weighted by Crippen LogP contribution is 2.30. The molecule has 0 fully saturated rings. The van der Waals surface area contributed by atoms with Gasteiger partial charge in [0.05, 0.1) is 7.11 Å². The first-order valence-electron chi connectivity index (χ1n) is 5.78. The number of carbonyl (C=O) groups excluding carboxylic acids is 1. The van der Waals surface area contributed by atoms with Crippen LogP contribution in [-0.4, -0.2) is 19.1 Å². The molecule has 0 spiro atoms. The second-order valence-electron chi connectivity index (χ2n) is 4.10. The molecule has 20 heavy (non-hydrogen) atoms. The molecular weight excluding hydrogens is 269 g/mol. The molecule has 0 aliphatic heterocycles. The van der Waals surface area contributed by atoms with Gasteiger partial charge in [-0.1, -0.05) is 42.5 Å². The van der Waals surface area contributed by atoms with Crippen molar-refractivity contribution < 1.29 is 22.7 Å². The van der Waals surface area contributed by atoms with E-state index in [0.29, 0.717) is 11.3 Å². The number of para-hydroxylation sites is 1. The predicted molar refractivity (Wildman–Crippen MR) is 68.8 cm³/mol. The quantitative estimate of drug-likeness (QED) is 0.791. The fraction of sp³-hybridized carbons (Fsp3) is 0.133. The second kappa shape index (κ2) is 5.36. The largest absolute Gasteiger partial charge is 0.496 e. The van der Waals surface area contributed by atoms with Crippen molar-refractivity contribution in [3.05, 3.63) is 54.1 Å². The molecule has 0 aliphatic rings. The molecular formula is C15H11F3O2. The van der Waals surface area contributed by atoms with E-state index >= 15 is 0 Å². The fourth-order valence-electron chi connectivity index (χ4n) is 1.85. The van der Waals surface area contributed by atoms with Crippen LogP contribution in [0.5, 0.6) is 5.75 Å². The lowest BCUT2D eigenvalue weighted by Gasteiger charge is -2.09. The highest BCUT2D eigenvalue weighted by molar-refractivity contribution is 6.00. The van der Waals surface area contributed by atoms with Gasteiger partial charge in [-0.2, -0.15) is 13.2 Å². The second-order valence-corrected chi connectivity index (χ2v) is 4.10. The van der Waals surface area contributed by atoms with Crippen LogP contribution in [0, 0.1) is 0 Å². The Morgan fingerprint density at radius 1 is 1.00 bits per heavy atom. The molecule has 2 nitrogen and oxygen atoms in total. The SMILES string of the molecule is COc1ccccc1-c1ccc(C(=O)C(F)(F)F)cc1. The summed E-state index contributed by atoms with van der Waals surface area (Å²) in [6.45, 7) is 0. The summed E-state index contributed by atoms with van der Waals surface area (Å²) in [6.07, 6.45) is -4.86. The first-order valence-corrected chi connectivity index (χ1v) is 5.78. The van der Waals surface area contributed by atoms with Crippen molar-refractivity contribution in [2.24, 2.45) is 0 Å². The lowest BCUT2D eigenvalue weighted by atomic mass is 10.0. The molecule has 2 aromatic carbocycles. The number of ketones is 1. The number of methoxy groups -OCH3 is 1. The molecule has 0 aromatic heterocycles. The van der Waals surface area contributed by atoms with Crippen LogP contribution in [0.25, 0.3) is 11.1 Å². The topological polar surface area (TPSA) is 26.3 Å². The highest BCUT2D eigenvalue weighted by Gasteiger charge is 2.39. The summed E-state index contributed by atoms with van der Waals surface area (Å²) in [5, 5.41) is 0. The number of benzene rings is 2. The average Bonchev–Trinajstić information content (AvgIpc) is 2.45. The first kappa shape index (κ1) is 14.1. The Kier molecular flexibility index (Phi) is 3.79. The molecule has 0 unspecified atom stereocenters. The van der Waals surface area contributed by atoms with E-state index in [1.807, 2.05) is 0 Å². The van der Waals surface area contributed by atoms with Crippen LogP contribution in [-0.2, 0) is 0 Å². The van der Waals surface area contributed by atoms with Gasteiger partial charge >= 0.3 is 6.18 Å². The Bertz CT molecular complexity index is 616. The number of hydrogen-bond acceptors (Lipinski definition) is 2. The Labute approximate surface area is 113 Å². The number of carbonyl (C=O) groups is 1. The Morgan fingerprint density at radius 3 is 2.15 bits per heavy atom. The molecule has 0 radical (unpaired) electrons. The molecule has 0 bridgehead atoms. The number of hydrogen-bond donors (Lipinski definition) is 0. The van der Waals surface area contributed by atoms with Gasteiger partial charge in [0.15, 0.2) is 0 Å². The van der Waals surface area contributed by atoms with Crippen LogP contribution in [0.3, 0.4) is 0 Å². The van der Waals surface area contributed by atoms with E-state index in [1.165, 1.54) is 19.2 Å². The maximum Gasteiger partial charge on any atom is 0.454 e. The molecule has 0 amide bonds. The summed E-state index contributed by atoms with van der Waals surface area (Å²) in [5.41, 5.74) is 1.05. The number of rotatable bonds is 3. The van der Waals surface area contributed by atoms with Crippen molar-refractivity contribution in [2.75, 3.05) is 7.11 Å². The third-order valence-electron chi connectivity index (χ3n) is 2.82. The zero-order valence-electron chi connectivity index (χ0n) is 10.6. The zero-order chi connectivity index (χ0) is 14.8. The normalized spacial score (nSPS) is 11.2. The Balaban J connectivity index is 2.36. The predicted octanol–water partition coefficient (Wildman–Crippen LogP) is 4.11. The fourth-order valence-corrected chi connectivity index (χ4v) is 1.85. The first-order chi connectivity index (χ1) is 9.43. The third-order valence-corrected chi connectivity index (χ3v) is 2.82. The molecule has 0 saturated heterocycles. The van der Waals surface area contributed by atoms with E-state index in [2.05, 4.69) is 0 Å². The van der Waals surface area contributed by atoms with Crippen LogP contribution in [0.15, 0.2) is 48.5 Å². The third kappa shape index (κ3) is 2.82. The van der Waals surface area contributed by atoms with Gasteiger partial charge in [0.25, 0.3) is 5.78 Å². The van der Waals surface area contributed by atoms with Crippen molar-refractivity contribution in [3.63, 3.8) is 0 Å². The molecule has 0 aliphatic carbocycles. The van der Waals surface area contributed by atoms with Gasteiger partial charge in [-0.05, 0) is 11.6 Å². The molecule has 0 atom stereocenters. The Hall–Kier alpha value is -2.30. The van der Waals surface area contributed by atoms with Gasteiger partial charge in [-0.3, -0.25) is 4.79 Å². The van der Waals surface area contributed by atoms with Crippen LogP contribution in [0.2, 0.25) is 0 Å². The van der Waals surface area contributed by atoms with E-state index in [-0.39, 0.29) is 5.56 Å². The molecule has 0 N–H and O–H groups in total. The molecule has 0 heterocycles. The van der Waals surface area contributed by atoms with E-state index in [4.69, 9.17) is 4.74 Å². The minimum absolute atomic E-state index is 0.379. The molecule has 5 heteroatoms. The summed E-state index contributed by atoms with van der Waals surface area (Å²) >= 11 is 0. The number of Topliss-reactive ketones (excluding diaryl/α,β-unsaturated/α-hetero) is 1. The Morgan fingerprint density at radius 2 is 1.60 bits per heavy atom. The van der Waals surface area contributed by atoms with Crippen molar-refractivity contribution in [1.82, 2.24) is 0 Å². The molecule has 2 aromatic rings. The van der Waals surface area contributed by atoms with Crippen molar-refractivity contribution in [3.8, 4) is 16.9 Å². The monoisotopic (exact) mass is 280 g/mol. The summed E-state index contributed by atoms with van der Waals surface area (Å²) in [7, 11) is 1.51. The van der Waals surface area contributed by atoms with Gasteiger partial charge in [-0.25, -0.2) is 0 Å². The lowest BCUT2D eigenvalue weighted by molar-refractivity contribution is -0.0885. The van der Waals surface area contributed by atoms with Gasteiger partial charge < -0.3 is 4.74 Å². The van der Waals surface area contributed by atoms with E-state index < -0.39 is 12.0 Å². The maximum absolute atomic E-state index is 12.3. The van der Waals surface area contributed by atoms with Gasteiger partial charge in [0.2, 0.25) is 0 Å². The summed E-state index contributed by atoms with van der Waals surface area (Å²) in [4.78, 5) is 11.1. The maximum atomic E-state index is 12.3. The van der Waals surface area contributed by atoms with E-state index in [9.17, 15) is 18.0 Å². The number of ether oxygens (including phenoxy) is 1. The number of alkyl halides is 3. The standard InChI is InChI=1S/C15H11F3O2/c1-20-13-5-3-2-4-12(13)10-6-8-11(9-7-10)14(19)15(16,17)18/h2-9H,1H3. The van der Waals surface area contributed by atoms with Crippen LogP contribution in [0.1, 0.15) is 10.4 Å². The van der Waals surface area contributed by atoms with Gasteiger partial charge in [0.1, 0.15) is 5.75 Å². The van der Waals surface area contributed by atoms with Crippen LogP contribution >= 0.6 is 0 Å². The lowest BCUT2D eigenvalue weighted by Crippen LogP contribution is -2.22. The van der Waals surface area contributed by atoms with Crippen LogP contribution in [0.4, 0.5) is 13.2 Å². The van der Waals surface area contributed by atoms with Crippen LogP contribution < -0.4 is 4.74 Å². The van der Waals surface area contributed by atoms with Crippen molar-refractivity contribution >= 4 is 5.78 Å². The van der Waals surface area contributed by atoms with Gasteiger partial charge in [-0.15, -0.1) is 0 Å². The molecule has 104 valence electrons. The minimum Gasteiger partial charge on any atom is -0.496 e.